The van der Waals surface area contributed by atoms with Gasteiger partial charge in [-0.25, -0.2) is 0 Å². The van der Waals surface area contributed by atoms with Gasteiger partial charge in [-0.2, -0.15) is 5.92 Å². The molecule has 0 aromatic heterocycles. The molecule has 0 heterocycles. The third-order valence-electron chi connectivity index (χ3n) is 0.576. The molecule has 0 saturated heterocycles. The summed E-state index contributed by atoms with van der Waals surface area (Å²) in [5.41, 5.74) is 0. The number of rotatable bonds is 2. The molecular weight excluding hydrogens is 177 g/mol. The zero-order chi connectivity index (χ0) is 5.86. The molecule has 0 rings (SSSR count). The van der Waals surface area contributed by atoms with Crippen LogP contribution in [0, 0.1) is 19.8 Å². The molecule has 0 amide bonds. The van der Waals surface area contributed by atoms with Gasteiger partial charge in [-0.05, 0) is 12.2 Å². The quantitative estimate of drug-likeness (QED) is 0.594. The van der Waals surface area contributed by atoms with Crippen LogP contribution in [0.4, 0.5) is 0 Å². The van der Waals surface area contributed by atoms with Gasteiger partial charge in [0, 0.05) is 32.7 Å². The molecule has 0 saturated carbocycles. The summed E-state index contributed by atoms with van der Waals surface area (Å²) < 4.78 is 0. The van der Waals surface area contributed by atoms with Crippen molar-refractivity contribution in [2.24, 2.45) is 5.92 Å². The molecule has 2 heteroatoms. The fourth-order valence-corrected chi connectivity index (χ4v) is 0.389. The average molecular weight is 187 g/mol. The number of hydrogen-bond acceptors (Lipinski definition) is 1. The molecule has 0 aliphatic rings. The van der Waals surface area contributed by atoms with E-state index in [1.54, 1.807) is 0 Å². The monoisotopic (exact) mass is 187 g/mol. The van der Waals surface area contributed by atoms with E-state index in [0.717, 1.165) is 0 Å². The van der Waals surface area contributed by atoms with Crippen LogP contribution in [0.5, 0.6) is 0 Å². The van der Waals surface area contributed by atoms with E-state index >= 15 is 0 Å². The number of carbonyl (C=O) groups is 1. The van der Waals surface area contributed by atoms with Gasteiger partial charge in [0.1, 0.15) is 0 Å². The van der Waals surface area contributed by atoms with Crippen LogP contribution in [-0.2, 0) is 37.5 Å². The van der Waals surface area contributed by atoms with Gasteiger partial charge in [0.2, 0.25) is 0 Å². The Morgan fingerprint density at radius 1 is 1.75 bits per heavy atom. The van der Waals surface area contributed by atoms with Gasteiger partial charge in [0.15, 0.2) is 0 Å². The molecule has 1 radical (unpaired) electrons. The van der Waals surface area contributed by atoms with E-state index in [2.05, 4.69) is 13.8 Å². The molecule has 0 N–H and O–H groups in total. The van der Waals surface area contributed by atoms with Crippen molar-refractivity contribution >= 4 is 5.78 Å². The maximum Gasteiger partial charge on any atom is 0 e. The van der Waals surface area contributed by atoms with E-state index in [4.69, 9.17) is 0 Å². The molecule has 0 aromatic carbocycles. The van der Waals surface area contributed by atoms with Crippen molar-refractivity contribution in [1.29, 1.82) is 0 Å². The van der Waals surface area contributed by atoms with E-state index in [-0.39, 0.29) is 44.4 Å². The largest absolute Gasteiger partial charge is 0.340 e. The average Bonchev–Trinajstić information content (AvgIpc) is 1.27. The number of hydrogen-bond donors (Lipinski definition) is 0. The van der Waals surface area contributed by atoms with E-state index in [1.165, 1.54) is 0 Å². The first-order valence-electron chi connectivity index (χ1n) is 2.31. The number of carbonyl (C=O) groups excluding carboxylic acids is 1. The Bertz CT molecular complexity index is 68.9. The Kier molecular flexibility index (Phi) is 8.26. The second-order valence-electron chi connectivity index (χ2n) is 1.85. The van der Waals surface area contributed by atoms with Crippen molar-refractivity contribution in [3.8, 4) is 0 Å². The van der Waals surface area contributed by atoms with Gasteiger partial charge in [-0.1, -0.05) is 6.92 Å². The molecule has 1 atom stereocenters. The van der Waals surface area contributed by atoms with Crippen LogP contribution < -0.4 is 0 Å². The Morgan fingerprint density at radius 3 is 2.12 bits per heavy atom. The minimum absolute atomic E-state index is 0. The Labute approximate surface area is 76.1 Å². The Morgan fingerprint density at radius 2 is 2.12 bits per heavy atom. The maximum atomic E-state index is 10.1. The topological polar surface area (TPSA) is 17.1 Å². The van der Waals surface area contributed by atoms with Crippen LogP contribution in [0.3, 0.4) is 0 Å². The fourth-order valence-electron chi connectivity index (χ4n) is 0.389. The molecule has 0 spiro atoms. The predicted octanol–water partition coefficient (Wildman–Crippen LogP) is 1.25. The maximum absolute atomic E-state index is 10.1. The first-order valence-corrected chi connectivity index (χ1v) is 2.31. The Hall–Kier alpha value is 0.644. The summed E-state index contributed by atoms with van der Waals surface area (Å²) in [5, 5.41) is 0. The third kappa shape index (κ3) is 9.81. The molecule has 0 aliphatic heterocycles. The van der Waals surface area contributed by atoms with Crippen LogP contribution in [0.25, 0.3) is 0 Å². The molecule has 0 aliphatic carbocycles. The summed E-state index contributed by atoms with van der Waals surface area (Å²) >= 11 is 0. The number of Topliss-reactive ketones (excluding diaryl/α,β-unsaturated/α-hetero) is 1. The summed E-state index contributed by atoms with van der Waals surface area (Å²) in [6.07, 6.45) is 0.500. The van der Waals surface area contributed by atoms with Crippen molar-refractivity contribution in [1.82, 2.24) is 0 Å². The summed E-state index contributed by atoms with van der Waals surface area (Å²) in [6.45, 7) is 8.71. The smallest absolute Gasteiger partial charge is 0 e. The molecule has 8 heavy (non-hydrogen) atoms. The van der Waals surface area contributed by atoms with Gasteiger partial charge >= 0.3 is 0 Å². The van der Waals surface area contributed by atoms with Gasteiger partial charge in [-0.3, -0.25) is 0 Å². The van der Waals surface area contributed by atoms with Crippen molar-refractivity contribution < 1.29 is 37.5 Å². The minimum Gasteiger partial charge on any atom is -0.340 e. The summed E-state index contributed by atoms with van der Waals surface area (Å²) in [4.78, 5) is 10.1. The molecule has 45 valence electrons. The zero-order valence-electron chi connectivity index (χ0n) is 5.18. The third-order valence-corrected chi connectivity index (χ3v) is 0.576. The molecule has 0 bridgehead atoms. The van der Waals surface area contributed by atoms with Gasteiger partial charge < -0.3 is 18.6 Å². The van der Waals surface area contributed by atoms with Crippen molar-refractivity contribution in [2.45, 2.75) is 13.3 Å². The molecular formula is C6H10OY-2. The van der Waals surface area contributed by atoms with Crippen LogP contribution >= 0.6 is 0 Å². The first-order chi connectivity index (χ1) is 3.13. The normalized spacial score (nSPS) is 11.8. The van der Waals surface area contributed by atoms with Gasteiger partial charge in [0.25, 0.3) is 0 Å². The second-order valence-corrected chi connectivity index (χ2v) is 1.85. The second kappa shape index (κ2) is 5.77. The van der Waals surface area contributed by atoms with E-state index in [1.807, 2.05) is 6.92 Å². The van der Waals surface area contributed by atoms with Crippen LogP contribution in [0.1, 0.15) is 13.3 Å². The predicted molar refractivity (Wildman–Crippen MR) is 29.5 cm³/mol. The van der Waals surface area contributed by atoms with E-state index in [0.29, 0.717) is 6.42 Å². The van der Waals surface area contributed by atoms with Gasteiger partial charge in [0.05, 0.1) is 0 Å². The van der Waals surface area contributed by atoms with Crippen LogP contribution in [0.2, 0.25) is 0 Å². The molecule has 0 aromatic rings. The van der Waals surface area contributed by atoms with Crippen molar-refractivity contribution in [3.05, 3.63) is 13.8 Å². The minimum atomic E-state index is -0.0255. The summed E-state index contributed by atoms with van der Waals surface area (Å²) in [5.74, 6) is 0.188. The van der Waals surface area contributed by atoms with Crippen molar-refractivity contribution in [3.63, 3.8) is 0 Å². The standard InChI is InChI=1S/C6H10O.Y/c1-5(2)4-6(3)7;/h5H,1,3-4H2,2H3;/q-2;. The first kappa shape index (κ1) is 11.4. The fraction of sp³-hybridized carbons (Fsp3) is 0.500. The Balaban J connectivity index is 0. The van der Waals surface area contributed by atoms with Crippen molar-refractivity contribution in [2.75, 3.05) is 0 Å². The van der Waals surface area contributed by atoms with Crippen LogP contribution in [0.15, 0.2) is 0 Å². The molecule has 1 nitrogen and oxygen atoms in total. The molecule has 0 fully saturated rings. The van der Waals surface area contributed by atoms with Gasteiger partial charge in [-0.15, -0.1) is 0 Å². The molecule has 1 unspecified atom stereocenters. The van der Waals surface area contributed by atoms with E-state index < -0.39 is 0 Å². The number of ketones is 1. The van der Waals surface area contributed by atoms with E-state index in [9.17, 15) is 4.79 Å². The SMILES string of the molecule is [CH2-]C(=O)CC([CH2-])C.[Y]. The summed E-state index contributed by atoms with van der Waals surface area (Å²) in [6, 6.07) is 0. The zero-order valence-corrected chi connectivity index (χ0v) is 8.02. The van der Waals surface area contributed by atoms with Crippen LogP contribution in [-0.4, -0.2) is 5.78 Å². The summed E-state index contributed by atoms with van der Waals surface area (Å²) in [7, 11) is 0.